The summed E-state index contributed by atoms with van der Waals surface area (Å²) in [6.07, 6.45) is 6.46. The van der Waals surface area contributed by atoms with Gasteiger partial charge in [-0.3, -0.25) is 9.78 Å². The fourth-order valence-corrected chi connectivity index (χ4v) is 4.57. The van der Waals surface area contributed by atoms with Gasteiger partial charge in [0, 0.05) is 18.5 Å². The van der Waals surface area contributed by atoms with Gasteiger partial charge in [0.25, 0.3) is 5.56 Å². The lowest BCUT2D eigenvalue weighted by atomic mass is 10.2. The number of thiazole rings is 1. The fraction of sp³-hybridized carbons (Fsp3) is 0.333. The summed E-state index contributed by atoms with van der Waals surface area (Å²) in [7, 11) is 0. The van der Waals surface area contributed by atoms with E-state index >= 15 is 0 Å². The minimum Gasteiger partial charge on any atom is -0.498 e. The molecule has 2 aromatic heterocycles. The third-order valence-electron chi connectivity index (χ3n) is 5.12. The topological polar surface area (TPSA) is 95.5 Å². The van der Waals surface area contributed by atoms with Crippen LogP contribution in [-0.4, -0.2) is 46.9 Å². The van der Waals surface area contributed by atoms with Crippen molar-refractivity contribution in [2.45, 2.75) is 19.3 Å². The van der Waals surface area contributed by atoms with E-state index in [1.165, 1.54) is 11.3 Å². The lowest BCUT2D eigenvalue weighted by Crippen LogP contribution is -2.28. The van der Waals surface area contributed by atoms with Crippen LogP contribution in [-0.2, 0) is 4.74 Å². The van der Waals surface area contributed by atoms with E-state index in [4.69, 9.17) is 14.7 Å². The first kappa shape index (κ1) is 19.0. The molecule has 5 rings (SSSR count). The molecule has 0 unspecified atom stereocenters. The molecule has 8 nitrogen and oxygen atoms in total. The van der Waals surface area contributed by atoms with Crippen molar-refractivity contribution in [2.75, 3.05) is 31.1 Å². The van der Waals surface area contributed by atoms with Gasteiger partial charge in [-0.15, -0.1) is 11.3 Å². The number of anilines is 1. The number of fused-ring (bicyclic) bond motifs is 1. The standard InChI is InChI=1S/C21H22N6O2S/c28-19-17(20-24-15-6-1-2-7-16(15)30-20)18(23-14-5-3-4-8-22-13-14)25-21(26-19)27-9-11-29-12-10-27/h1-2,6-7,9,11,22H,3-5,8,10,12-13H2,(H,25,26,28). The fourth-order valence-electron chi connectivity index (χ4n) is 3.57. The molecule has 0 bridgehead atoms. The van der Waals surface area contributed by atoms with E-state index in [2.05, 4.69) is 15.3 Å². The highest BCUT2D eigenvalue weighted by Crippen LogP contribution is 2.33. The number of ether oxygens (including phenoxy) is 1. The molecule has 4 heterocycles. The van der Waals surface area contributed by atoms with Crippen molar-refractivity contribution >= 4 is 39.0 Å². The summed E-state index contributed by atoms with van der Waals surface area (Å²) in [6, 6.07) is 7.87. The Bertz CT molecular complexity index is 1140. The van der Waals surface area contributed by atoms with E-state index in [9.17, 15) is 4.79 Å². The van der Waals surface area contributed by atoms with Gasteiger partial charge in [-0.25, -0.2) is 9.98 Å². The molecule has 0 radical (unpaired) electrons. The normalized spacial score (nSPS) is 18.5. The van der Waals surface area contributed by atoms with E-state index in [1.54, 1.807) is 12.5 Å². The summed E-state index contributed by atoms with van der Waals surface area (Å²) in [5.74, 6) is 0.886. The Morgan fingerprint density at radius 1 is 1.20 bits per heavy atom. The highest BCUT2D eigenvalue weighted by molar-refractivity contribution is 7.21. The summed E-state index contributed by atoms with van der Waals surface area (Å²) in [6.45, 7) is 2.84. The molecule has 1 saturated heterocycles. The Kier molecular flexibility index (Phi) is 5.29. The van der Waals surface area contributed by atoms with Crippen molar-refractivity contribution in [3.63, 3.8) is 0 Å². The zero-order valence-electron chi connectivity index (χ0n) is 16.4. The SMILES string of the molecule is O=c1[nH]c(N2C=COCC2)nc(N=C2CCCCNC2)c1-c1nc2ccccc2s1. The average Bonchev–Trinajstić information content (AvgIpc) is 3.02. The van der Waals surface area contributed by atoms with Gasteiger partial charge < -0.3 is 15.0 Å². The Morgan fingerprint density at radius 2 is 2.13 bits per heavy atom. The molecule has 0 saturated carbocycles. The molecule has 0 amide bonds. The Labute approximate surface area is 177 Å². The third kappa shape index (κ3) is 3.86. The van der Waals surface area contributed by atoms with Gasteiger partial charge in [-0.1, -0.05) is 12.1 Å². The zero-order chi connectivity index (χ0) is 20.3. The number of benzene rings is 1. The number of para-hydroxylation sites is 1. The van der Waals surface area contributed by atoms with Gasteiger partial charge >= 0.3 is 0 Å². The molecule has 30 heavy (non-hydrogen) atoms. The van der Waals surface area contributed by atoms with Crippen molar-refractivity contribution in [1.82, 2.24) is 20.3 Å². The number of aromatic amines is 1. The summed E-state index contributed by atoms with van der Waals surface area (Å²) < 4.78 is 6.29. The van der Waals surface area contributed by atoms with Gasteiger partial charge in [0.05, 0.1) is 23.0 Å². The number of H-pyrrole nitrogens is 1. The molecule has 2 aliphatic heterocycles. The van der Waals surface area contributed by atoms with Gasteiger partial charge in [-0.2, -0.15) is 4.98 Å². The van der Waals surface area contributed by atoms with E-state index in [0.717, 1.165) is 41.7 Å². The highest BCUT2D eigenvalue weighted by Gasteiger charge is 2.21. The number of nitrogens with zero attached hydrogens (tertiary/aromatic N) is 4. The van der Waals surface area contributed by atoms with E-state index in [0.29, 0.717) is 42.0 Å². The summed E-state index contributed by atoms with van der Waals surface area (Å²) in [5, 5.41) is 4.03. The minimum absolute atomic E-state index is 0.236. The van der Waals surface area contributed by atoms with E-state index in [1.807, 2.05) is 29.2 Å². The molecule has 1 aromatic carbocycles. The monoisotopic (exact) mass is 422 g/mol. The Hall–Kier alpha value is -3.04. The van der Waals surface area contributed by atoms with Crippen LogP contribution in [0.2, 0.25) is 0 Å². The van der Waals surface area contributed by atoms with Crippen molar-refractivity contribution in [2.24, 2.45) is 4.99 Å². The summed E-state index contributed by atoms with van der Waals surface area (Å²) in [5.41, 5.74) is 2.07. The maximum absolute atomic E-state index is 13.2. The molecular formula is C21H22N6O2S. The van der Waals surface area contributed by atoms with E-state index in [-0.39, 0.29) is 5.56 Å². The smallest absolute Gasteiger partial charge is 0.264 e. The molecule has 2 aliphatic rings. The van der Waals surface area contributed by atoms with Crippen LogP contribution in [0.25, 0.3) is 20.8 Å². The largest absolute Gasteiger partial charge is 0.498 e. The Morgan fingerprint density at radius 3 is 3.00 bits per heavy atom. The van der Waals surface area contributed by atoms with Crippen LogP contribution < -0.4 is 15.8 Å². The van der Waals surface area contributed by atoms with Crippen LogP contribution in [0.15, 0.2) is 46.5 Å². The van der Waals surface area contributed by atoms with Crippen molar-refractivity contribution in [3.8, 4) is 10.6 Å². The van der Waals surface area contributed by atoms with Crippen LogP contribution >= 0.6 is 11.3 Å². The van der Waals surface area contributed by atoms with Crippen LogP contribution in [0, 0.1) is 0 Å². The van der Waals surface area contributed by atoms with Gasteiger partial charge in [-0.05, 0) is 37.9 Å². The number of nitrogens with one attached hydrogen (secondary N) is 2. The molecule has 9 heteroatoms. The second kappa shape index (κ2) is 8.37. The van der Waals surface area contributed by atoms with Crippen LogP contribution in [0.4, 0.5) is 11.8 Å². The van der Waals surface area contributed by atoms with Crippen LogP contribution in [0.1, 0.15) is 19.3 Å². The van der Waals surface area contributed by atoms with Crippen LogP contribution in [0.5, 0.6) is 0 Å². The molecular weight excluding hydrogens is 400 g/mol. The second-order valence-corrected chi connectivity index (χ2v) is 8.27. The van der Waals surface area contributed by atoms with Gasteiger partial charge in [0.1, 0.15) is 17.2 Å². The predicted molar refractivity (Wildman–Crippen MR) is 120 cm³/mol. The average molecular weight is 423 g/mol. The first-order valence-corrected chi connectivity index (χ1v) is 10.9. The number of hydrogen-bond donors (Lipinski definition) is 2. The van der Waals surface area contributed by atoms with Crippen molar-refractivity contribution in [1.29, 1.82) is 0 Å². The maximum atomic E-state index is 13.2. The molecule has 0 spiro atoms. The van der Waals surface area contributed by atoms with Gasteiger partial charge in [0.15, 0.2) is 5.82 Å². The minimum atomic E-state index is -0.236. The number of hydrogen-bond acceptors (Lipinski definition) is 8. The molecule has 154 valence electrons. The number of aliphatic imine (C=N–C) groups is 1. The second-order valence-electron chi connectivity index (χ2n) is 7.24. The van der Waals surface area contributed by atoms with Crippen molar-refractivity contribution < 1.29 is 4.74 Å². The highest BCUT2D eigenvalue weighted by atomic mass is 32.1. The third-order valence-corrected chi connectivity index (χ3v) is 6.17. The lowest BCUT2D eigenvalue weighted by molar-refractivity contribution is 0.245. The van der Waals surface area contributed by atoms with Crippen LogP contribution in [0.3, 0.4) is 0 Å². The molecule has 1 fully saturated rings. The summed E-state index contributed by atoms with van der Waals surface area (Å²) >= 11 is 1.48. The first-order chi connectivity index (χ1) is 14.8. The lowest BCUT2D eigenvalue weighted by Gasteiger charge is -2.22. The maximum Gasteiger partial charge on any atom is 0.264 e. The zero-order valence-corrected chi connectivity index (χ0v) is 17.2. The number of rotatable bonds is 3. The van der Waals surface area contributed by atoms with Gasteiger partial charge in [0.2, 0.25) is 5.95 Å². The summed E-state index contributed by atoms with van der Waals surface area (Å²) in [4.78, 5) is 32.2. The first-order valence-electron chi connectivity index (χ1n) is 10.1. The number of aromatic nitrogens is 3. The van der Waals surface area contributed by atoms with E-state index < -0.39 is 0 Å². The molecule has 3 aromatic rings. The predicted octanol–water partition coefficient (Wildman–Crippen LogP) is 3.20. The van der Waals surface area contributed by atoms with Crippen molar-refractivity contribution in [3.05, 3.63) is 47.1 Å². The Balaban J connectivity index is 1.66. The quantitative estimate of drug-likeness (QED) is 0.673. The molecule has 0 aliphatic carbocycles. The molecule has 0 atom stereocenters. The molecule has 2 N–H and O–H groups in total.